The zero-order valence-electron chi connectivity index (χ0n) is 15.6. The first-order valence-electron chi connectivity index (χ1n) is 9.29. The molecule has 140 valence electrons. The van der Waals surface area contributed by atoms with Crippen molar-refractivity contribution in [3.05, 3.63) is 65.4 Å². The van der Waals surface area contributed by atoms with Gasteiger partial charge in [0.1, 0.15) is 5.65 Å². The van der Waals surface area contributed by atoms with Crippen molar-refractivity contribution in [1.29, 1.82) is 0 Å². The van der Waals surface area contributed by atoms with E-state index in [-0.39, 0.29) is 5.91 Å². The van der Waals surface area contributed by atoms with Gasteiger partial charge in [0.15, 0.2) is 0 Å². The van der Waals surface area contributed by atoms with Crippen LogP contribution in [0.15, 0.2) is 47.1 Å². The van der Waals surface area contributed by atoms with Crippen molar-refractivity contribution < 1.29 is 9.32 Å². The monoisotopic (exact) mass is 373 g/mol. The molecule has 0 bridgehead atoms. The summed E-state index contributed by atoms with van der Waals surface area (Å²) in [5, 5.41) is 6.85. The summed E-state index contributed by atoms with van der Waals surface area (Å²) < 4.78 is 7.04. The normalized spacial score (nSPS) is 13.8. The smallest absolute Gasteiger partial charge is 0.255 e. The third-order valence-electron chi connectivity index (χ3n) is 5.05. The maximum Gasteiger partial charge on any atom is 0.255 e. The number of hydrogen-bond acceptors (Lipinski definition) is 5. The standard InChI is InChI=1S/C21H19N5O2/c1-12-19(14-3-4-14)24-18-10-9-17(11-26(12)18)23-21(27)16-7-5-15(6-8-16)20-22-13(2)28-25-20/h5-11,14H,3-4H2,1-2H3,(H,23,27). The van der Waals surface area contributed by atoms with Gasteiger partial charge in [-0.25, -0.2) is 4.98 Å². The molecule has 0 unspecified atom stereocenters. The van der Waals surface area contributed by atoms with Crippen molar-refractivity contribution in [2.75, 3.05) is 5.32 Å². The molecule has 0 saturated heterocycles. The van der Waals surface area contributed by atoms with Crippen molar-refractivity contribution in [2.45, 2.75) is 32.6 Å². The van der Waals surface area contributed by atoms with Crippen LogP contribution >= 0.6 is 0 Å². The average molecular weight is 373 g/mol. The molecule has 0 radical (unpaired) electrons. The lowest BCUT2D eigenvalue weighted by molar-refractivity contribution is 0.102. The first-order valence-corrected chi connectivity index (χ1v) is 9.29. The zero-order valence-corrected chi connectivity index (χ0v) is 15.6. The van der Waals surface area contributed by atoms with Crippen LogP contribution in [0.4, 0.5) is 5.69 Å². The molecule has 1 N–H and O–H groups in total. The van der Waals surface area contributed by atoms with Crippen molar-refractivity contribution in [2.24, 2.45) is 0 Å². The van der Waals surface area contributed by atoms with Gasteiger partial charge in [-0.3, -0.25) is 4.79 Å². The summed E-state index contributed by atoms with van der Waals surface area (Å²) in [6, 6.07) is 10.9. The fourth-order valence-corrected chi connectivity index (χ4v) is 3.39. The summed E-state index contributed by atoms with van der Waals surface area (Å²) in [7, 11) is 0. The predicted molar refractivity (Wildman–Crippen MR) is 104 cm³/mol. The molecule has 1 aliphatic rings. The summed E-state index contributed by atoms with van der Waals surface area (Å²) in [6.45, 7) is 3.82. The number of aryl methyl sites for hydroxylation is 2. The number of fused-ring (bicyclic) bond motifs is 1. The minimum atomic E-state index is -0.171. The van der Waals surface area contributed by atoms with E-state index in [0.29, 0.717) is 23.2 Å². The molecule has 4 aromatic rings. The number of hydrogen-bond donors (Lipinski definition) is 1. The lowest BCUT2D eigenvalue weighted by Gasteiger charge is -2.07. The van der Waals surface area contributed by atoms with Crippen LogP contribution in [0.1, 0.15) is 46.4 Å². The maximum absolute atomic E-state index is 12.6. The van der Waals surface area contributed by atoms with Crippen LogP contribution in [0.3, 0.4) is 0 Å². The van der Waals surface area contributed by atoms with Crippen molar-refractivity contribution >= 4 is 17.2 Å². The van der Waals surface area contributed by atoms with Gasteiger partial charge in [-0.15, -0.1) is 0 Å². The number of rotatable bonds is 4. The molecule has 1 aromatic carbocycles. The van der Waals surface area contributed by atoms with Crippen LogP contribution in [-0.2, 0) is 0 Å². The number of nitrogens with one attached hydrogen (secondary N) is 1. The van der Waals surface area contributed by atoms with Crippen molar-refractivity contribution in [3.8, 4) is 11.4 Å². The Labute approximate surface area is 161 Å². The molecule has 0 spiro atoms. The molecule has 3 heterocycles. The van der Waals surface area contributed by atoms with E-state index < -0.39 is 0 Å². The maximum atomic E-state index is 12.6. The second-order valence-electron chi connectivity index (χ2n) is 7.17. The number of carbonyl (C=O) groups is 1. The van der Waals surface area contributed by atoms with Gasteiger partial charge in [0, 0.05) is 35.9 Å². The minimum absolute atomic E-state index is 0.171. The molecular weight excluding hydrogens is 354 g/mol. The lowest BCUT2D eigenvalue weighted by Crippen LogP contribution is -2.12. The van der Waals surface area contributed by atoms with Crippen LogP contribution in [0, 0.1) is 13.8 Å². The number of nitrogens with zero attached hydrogens (tertiary/aromatic N) is 4. The molecule has 5 rings (SSSR count). The molecule has 3 aromatic heterocycles. The van der Waals surface area contributed by atoms with Gasteiger partial charge in [0.05, 0.1) is 11.4 Å². The fourth-order valence-electron chi connectivity index (χ4n) is 3.39. The second-order valence-corrected chi connectivity index (χ2v) is 7.17. The number of amides is 1. The van der Waals surface area contributed by atoms with Gasteiger partial charge < -0.3 is 14.2 Å². The number of anilines is 1. The van der Waals surface area contributed by atoms with E-state index in [1.807, 2.05) is 34.9 Å². The number of imidazole rings is 1. The molecule has 7 nitrogen and oxygen atoms in total. The third-order valence-corrected chi connectivity index (χ3v) is 5.05. The number of carbonyl (C=O) groups excluding carboxylic acids is 1. The molecule has 1 saturated carbocycles. The minimum Gasteiger partial charge on any atom is -0.339 e. The van der Waals surface area contributed by atoms with E-state index in [2.05, 4.69) is 22.4 Å². The van der Waals surface area contributed by atoms with Crippen LogP contribution in [0.25, 0.3) is 17.0 Å². The quantitative estimate of drug-likeness (QED) is 0.581. The van der Waals surface area contributed by atoms with Gasteiger partial charge in [0.25, 0.3) is 5.91 Å². The highest BCUT2D eigenvalue weighted by Gasteiger charge is 2.28. The Hall–Kier alpha value is -3.48. The number of aromatic nitrogens is 4. The van der Waals surface area contributed by atoms with Crippen LogP contribution < -0.4 is 5.32 Å². The highest BCUT2D eigenvalue weighted by Crippen LogP contribution is 2.41. The highest BCUT2D eigenvalue weighted by molar-refractivity contribution is 6.04. The van der Waals surface area contributed by atoms with Gasteiger partial charge >= 0.3 is 0 Å². The summed E-state index contributed by atoms with van der Waals surface area (Å²) in [5.41, 5.74) is 5.33. The Bertz CT molecular complexity index is 1190. The molecule has 0 atom stereocenters. The third kappa shape index (κ3) is 2.94. The van der Waals surface area contributed by atoms with Gasteiger partial charge in [-0.1, -0.05) is 17.3 Å². The first-order chi connectivity index (χ1) is 13.6. The van der Waals surface area contributed by atoms with Crippen molar-refractivity contribution in [1.82, 2.24) is 19.5 Å². The Morgan fingerprint density at radius 3 is 2.57 bits per heavy atom. The molecule has 0 aliphatic heterocycles. The highest BCUT2D eigenvalue weighted by atomic mass is 16.5. The largest absolute Gasteiger partial charge is 0.339 e. The Morgan fingerprint density at radius 1 is 1.11 bits per heavy atom. The number of pyridine rings is 1. The van der Waals surface area contributed by atoms with E-state index >= 15 is 0 Å². The fraction of sp³-hybridized carbons (Fsp3) is 0.238. The molecule has 1 aliphatic carbocycles. The van der Waals surface area contributed by atoms with Crippen LogP contribution in [0.5, 0.6) is 0 Å². The Balaban J connectivity index is 1.36. The molecule has 7 heteroatoms. The summed E-state index contributed by atoms with van der Waals surface area (Å²) in [5.74, 6) is 1.44. The SMILES string of the molecule is Cc1nc(-c2ccc(C(=O)Nc3ccc4nc(C5CC5)c(C)n4c3)cc2)no1. The summed E-state index contributed by atoms with van der Waals surface area (Å²) >= 11 is 0. The summed E-state index contributed by atoms with van der Waals surface area (Å²) in [6.07, 6.45) is 4.36. The van der Waals surface area contributed by atoms with Gasteiger partial charge in [-0.05, 0) is 44.0 Å². The van der Waals surface area contributed by atoms with Crippen molar-refractivity contribution in [3.63, 3.8) is 0 Å². The lowest BCUT2D eigenvalue weighted by atomic mass is 10.1. The van der Waals surface area contributed by atoms with Gasteiger partial charge in [-0.2, -0.15) is 4.98 Å². The van der Waals surface area contributed by atoms with E-state index in [1.165, 1.54) is 18.5 Å². The van der Waals surface area contributed by atoms with Crippen LogP contribution in [-0.4, -0.2) is 25.4 Å². The van der Waals surface area contributed by atoms with E-state index in [1.54, 1.807) is 19.1 Å². The first kappa shape index (κ1) is 16.7. The average Bonchev–Trinajstić information content (AvgIpc) is 3.38. The second kappa shape index (κ2) is 6.30. The molecule has 1 fully saturated rings. The molecule has 28 heavy (non-hydrogen) atoms. The van der Waals surface area contributed by atoms with E-state index in [4.69, 9.17) is 9.51 Å². The van der Waals surface area contributed by atoms with E-state index in [9.17, 15) is 4.79 Å². The molecule has 1 amide bonds. The molecular formula is C21H19N5O2. The zero-order chi connectivity index (χ0) is 19.3. The Kier molecular flexibility index (Phi) is 3.75. The number of benzene rings is 1. The topological polar surface area (TPSA) is 85.3 Å². The van der Waals surface area contributed by atoms with Crippen LogP contribution in [0.2, 0.25) is 0 Å². The van der Waals surface area contributed by atoms with Gasteiger partial charge in [0.2, 0.25) is 11.7 Å². The van der Waals surface area contributed by atoms with E-state index in [0.717, 1.165) is 22.6 Å². The summed E-state index contributed by atoms with van der Waals surface area (Å²) in [4.78, 5) is 21.5. The predicted octanol–water partition coefficient (Wildman–Crippen LogP) is 4.13. The Morgan fingerprint density at radius 2 is 1.89 bits per heavy atom.